The van der Waals surface area contributed by atoms with Crippen LogP contribution in [0.4, 0.5) is 10.1 Å². The maximum absolute atomic E-state index is 13.0. The molecule has 0 atom stereocenters. The summed E-state index contributed by atoms with van der Waals surface area (Å²) in [4.78, 5) is 0. The fraction of sp³-hybridized carbons (Fsp3) is 0.364. The number of nitrogens with one attached hydrogen (secondary N) is 1. The monoisotopic (exact) mass is 224 g/mol. The molecule has 0 saturated heterocycles. The molecule has 1 rings (SSSR count). The van der Waals surface area contributed by atoms with Crippen LogP contribution in [-0.2, 0) is 0 Å². The van der Waals surface area contributed by atoms with Gasteiger partial charge < -0.3 is 5.32 Å². The first kappa shape index (κ1) is 11.9. The van der Waals surface area contributed by atoms with E-state index in [1.54, 1.807) is 6.07 Å². The third-order valence-corrected chi connectivity index (χ3v) is 2.77. The van der Waals surface area contributed by atoms with Gasteiger partial charge in [-0.25, -0.2) is 4.39 Å². The van der Waals surface area contributed by atoms with E-state index in [2.05, 4.69) is 12.2 Å². The fourth-order valence-electron chi connectivity index (χ4n) is 1.13. The average molecular weight is 224 g/mol. The van der Waals surface area contributed by atoms with Crippen molar-refractivity contribution < 1.29 is 4.39 Å². The Labute approximate surface area is 93.5 Å². The highest BCUT2D eigenvalue weighted by Gasteiger charge is 2.01. The van der Waals surface area contributed by atoms with Crippen LogP contribution >= 0.6 is 11.8 Å². The van der Waals surface area contributed by atoms with Gasteiger partial charge in [0.15, 0.2) is 0 Å². The third kappa shape index (κ3) is 3.80. The second-order valence-corrected chi connectivity index (χ2v) is 4.32. The lowest BCUT2D eigenvalue weighted by molar-refractivity contribution is 0.624. The number of nitriles is 1. The molecule has 4 heteroatoms. The van der Waals surface area contributed by atoms with Gasteiger partial charge in [-0.1, -0.05) is 6.92 Å². The zero-order chi connectivity index (χ0) is 11.1. The zero-order valence-corrected chi connectivity index (χ0v) is 9.40. The Kier molecular flexibility index (Phi) is 4.99. The maximum Gasteiger partial charge on any atom is 0.141 e. The highest BCUT2D eigenvalue weighted by Crippen LogP contribution is 2.13. The van der Waals surface area contributed by atoms with Crippen molar-refractivity contribution in [3.8, 4) is 6.07 Å². The summed E-state index contributed by atoms with van der Waals surface area (Å²) in [5.41, 5.74) is 0.882. The van der Waals surface area contributed by atoms with Crippen molar-refractivity contribution in [2.24, 2.45) is 0 Å². The number of nitrogens with zero attached hydrogens (tertiary/aromatic N) is 1. The Hall–Kier alpha value is -1.21. The van der Waals surface area contributed by atoms with Crippen LogP contribution in [0.5, 0.6) is 0 Å². The topological polar surface area (TPSA) is 35.8 Å². The van der Waals surface area contributed by atoms with Crippen LogP contribution in [0.1, 0.15) is 12.5 Å². The van der Waals surface area contributed by atoms with Gasteiger partial charge in [-0.15, -0.1) is 0 Å². The summed E-state index contributed by atoms with van der Waals surface area (Å²) in [6, 6.07) is 6.31. The molecule has 0 unspecified atom stereocenters. The molecule has 0 aromatic heterocycles. The van der Waals surface area contributed by atoms with Crippen LogP contribution in [0.3, 0.4) is 0 Å². The van der Waals surface area contributed by atoms with E-state index in [9.17, 15) is 4.39 Å². The first-order valence-electron chi connectivity index (χ1n) is 4.79. The molecule has 0 bridgehead atoms. The van der Waals surface area contributed by atoms with Gasteiger partial charge in [-0.2, -0.15) is 17.0 Å². The Morgan fingerprint density at radius 2 is 2.33 bits per heavy atom. The average Bonchev–Trinajstić information content (AvgIpc) is 2.26. The van der Waals surface area contributed by atoms with Crippen LogP contribution in [0.15, 0.2) is 18.2 Å². The van der Waals surface area contributed by atoms with Gasteiger partial charge in [0.2, 0.25) is 0 Å². The number of benzene rings is 1. The summed E-state index contributed by atoms with van der Waals surface area (Å²) in [5, 5.41) is 11.8. The van der Waals surface area contributed by atoms with Gasteiger partial charge in [-0.05, 0) is 24.0 Å². The highest BCUT2D eigenvalue weighted by molar-refractivity contribution is 7.99. The van der Waals surface area contributed by atoms with E-state index in [1.807, 2.05) is 17.8 Å². The fourth-order valence-corrected chi connectivity index (χ4v) is 1.67. The number of hydrogen-bond acceptors (Lipinski definition) is 3. The van der Waals surface area contributed by atoms with Crippen LogP contribution in [0, 0.1) is 17.1 Å². The van der Waals surface area contributed by atoms with Crippen molar-refractivity contribution in [2.75, 3.05) is 23.4 Å². The van der Waals surface area contributed by atoms with Crippen molar-refractivity contribution in [1.82, 2.24) is 0 Å². The molecule has 0 amide bonds. The van der Waals surface area contributed by atoms with E-state index in [0.29, 0.717) is 0 Å². The molecule has 0 heterocycles. The predicted molar refractivity (Wildman–Crippen MR) is 62.6 cm³/mol. The van der Waals surface area contributed by atoms with Crippen LogP contribution in [0.2, 0.25) is 0 Å². The van der Waals surface area contributed by atoms with Gasteiger partial charge in [0.25, 0.3) is 0 Å². The molecule has 15 heavy (non-hydrogen) atoms. The van der Waals surface area contributed by atoms with Crippen molar-refractivity contribution in [2.45, 2.75) is 6.92 Å². The third-order valence-electron chi connectivity index (χ3n) is 1.87. The minimum atomic E-state index is -0.467. The normalized spacial score (nSPS) is 9.67. The summed E-state index contributed by atoms with van der Waals surface area (Å²) in [6.45, 7) is 2.94. The molecule has 2 nitrogen and oxygen atoms in total. The summed E-state index contributed by atoms with van der Waals surface area (Å²) in [7, 11) is 0. The minimum Gasteiger partial charge on any atom is -0.384 e. The van der Waals surface area contributed by atoms with E-state index >= 15 is 0 Å². The molecule has 0 saturated carbocycles. The molecule has 0 radical (unpaired) electrons. The minimum absolute atomic E-state index is 0.0862. The van der Waals surface area contributed by atoms with Gasteiger partial charge in [0.1, 0.15) is 11.9 Å². The molecule has 80 valence electrons. The second-order valence-electron chi connectivity index (χ2n) is 2.93. The second kappa shape index (κ2) is 6.31. The quantitative estimate of drug-likeness (QED) is 0.781. The Balaban J connectivity index is 2.52. The van der Waals surface area contributed by atoms with E-state index in [1.165, 1.54) is 12.1 Å². The lowest BCUT2D eigenvalue weighted by atomic mass is 10.2. The van der Waals surface area contributed by atoms with Gasteiger partial charge >= 0.3 is 0 Å². The molecule has 0 aliphatic rings. The zero-order valence-electron chi connectivity index (χ0n) is 8.59. The van der Waals surface area contributed by atoms with E-state index < -0.39 is 5.82 Å². The van der Waals surface area contributed by atoms with E-state index in [0.717, 1.165) is 23.7 Å². The van der Waals surface area contributed by atoms with Gasteiger partial charge in [0.05, 0.1) is 5.56 Å². The molecule has 1 aromatic carbocycles. The number of thioether (sulfide) groups is 1. The number of halogens is 1. The van der Waals surface area contributed by atoms with Crippen molar-refractivity contribution in [3.05, 3.63) is 29.6 Å². The first-order chi connectivity index (χ1) is 7.27. The maximum atomic E-state index is 13.0. The number of rotatable bonds is 5. The highest BCUT2D eigenvalue weighted by atomic mass is 32.2. The van der Waals surface area contributed by atoms with Crippen LogP contribution in [-0.4, -0.2) is 18.1 Å². The molecule has 0 fully saturated rings. The smallest absolute Gasteiger partial charge is 0.141 e. The molecule has 1 N–H and O–H groups in total. The van der Waals surface area contributed by atoms with E-state index in [4.69, 9.17) is 5.26 Å². The largest absolute Gasteiger partial charge is 0.384 e. The predicted octanol–water partition coefficient (Wildman–Crippen LogP) is 2.86. The van der Waals surface area contributed by atoms with E-state index in [-0.39, 0.29) is 5.56 Å². The molecule has 0 aliphatic heterocycles. The standard InChI is InChI=1S/C11H13FN2S/c1-2-15-6-5-14-10-3-4-11(12)9(7-10)8-13/h3-4,7,14H,2,5-6H2,1H3. The van der Waals surface area contributed by atoms with Crippen LogP contribution < -0.4 is 5.32 Å². The number of hydrogen-bond donors (Lipinski definition) is 1. The van der Waals surface area contributed by atoms with Crippen molar-refractivity contribution >= 4 is 17.4 Å². The molecule has 0 aliphatic carbocycles. The lowest BCUT2D eigenvalue weighted by Crippen LogP contribution is -2.04. The molecular weight excluding hydrogens is 211 g/mol. The van der Waals surface area contributed by atoms with Crippen LogP contribution in [0.25, 0.3) is 0 Å². The Morgan fingerprint density at radius 3 is 3.00 bits per heavy atom. The first-order valence-corrected chi connectivity index (χ1v) is 5.94. The lowest BCUT2D eigenvalue weighted by Gasteiger charge is -2.05. The SMILES string of the molecule is CCSCCNc1ccc(F)c(C#N)c1. The Bertz CT molecular complexity index is 360. The summed E-state index contributed by atoms with van der Waals surface area (Å²) in [5.74, 6) is 1.63. The van der Waals surface area contributed by atoms with Crippen molar-refractivity contribution in [1.29, 1.82) is 5.26 Å². The summed E-state index contributed by atoms with van der Waals surface area (Å²) in [6.07, 6.45) is 0. The summed E-state index contributed by atoms with van der Waals surface area (Å²) >= 11 is 1.84. The summed E-state index contributed by atoms with van der Waals surface area (Å²) < 4.78 is 13.0. The number of anilines is 1. The van der Waals surface area contributed by atoms with Gasteiger partial charge in [0, 0.05) is 18.0 Å². The molecular formula is C11H13FN2S. The molecule has 1 aromatic rings. The Morgan fingerprint density at radius 1 is 1.53 bits per heavy atom. The molecule has 0 spiro atoms. The van der Waals surface area contributed by atoms with Crippen molar-refractivity contribution in [3.63, 3.8) is 0 Å². The van der Waals surface area contributed by atoms with Gasteiger partial charge in [-0.3, -0.25) is 0 Å².